The van der Waals surface area contributed by atoms with Gasteiger partial charge < -0.3 is 10.5 Å². The van der Waals surface area contributed by atoms with Crippen LogP contribution in [-0.2, 0) is 0 Å². The molecular weight excluding hydrogens is 234 g/mol. The molecule has 1 saturated carbocycles. The molecule has 1 aromatic rings. The van der Waals surface area contributed by atoms with E-state index in [1.165, 1.54) is 0 Å². The normalized spacial score (nSPS) is 31.1. The van der Waals surface area contributed by atoms with Crippen molar-refractivity contribution in [2.75, 3.05) is 0 Å². The fourth-order valence-corrected chi connectivity index (χ4v) is 2.79. The molecule has 0 bridgehead atoms. The van der Waals surface area contributed by atoms with E-state index in [4.69, 9.17) is 22.1 Å². The number of fused-ring (bicyclic) bond motifs is 1. The molecule has 0 saturated heterocycles. The Kier molecular flexibility index (Phi) is 2.64. The second kappa shape index (κ2) is 4.04. The van der Waals surface area contributed by atoms with Crippen LogP contribution in [0.4, 0.5) is 0 Å². The van der Waals surface area contributed by atoms with Gasteiger partial charge in [0.15, 0.2) is 0 Å². The Labute approximate surface area is 106 Å². The topological polar surface area (TPSA) is 35.2 Å². The summed E-state index contributed by atoms with van der Waals surface area (Å²) in [5, 5.41) is 0.724. The van der Waals surface area contributed by atoms with E-state index in [0.717, 1.165) is 42.0 Å². The lowest BCUT2D eigenvalue weighted by Gasteiger charge is -2.39. The first-order valence-electron chi connectivity index (χ1n) is 6.10. The highest BCUT2D eigenvalue weighted by molar-refractivity contribution is 6.30. The first-order valence-corrected chi connectivity index (χ1v) is 6.48. The molecular formula is C14H16ClNO. The third-order valence-electron chi connectivity index (χ3n) is 3.73. The van der Waals surface area contributed by atoms with E-state index in [1.807, 2.05) is 18.2 Å². The van der Waals surface area contributed by atoms with Gasteiger partial charge in [-0.1, -0.05) is 17.7 Å². The molecule has 0 atom stereocenters. The van der Waals surface area contributed by atoms with E-state index in [9.17, 15) is 0 Å². The Balaban J connectivity index is 1.89. The predicted molar refractivity (Wildman–Crippen MR) is 70.3 cm³/mol. The first kappa shape index (κ1) is 11.1. The van der Waals surface area contributed by atoms with Crippen molar-refractivity contribution in [2.24, 2.45) is 5.73 Å². The van der Waals surface area contributed by atoms with Gasteiger partial charge in [0, 0.05) is 16.6 Å². The summed E-state index contributed by atoms with van der Waals surface area (Å²) in [5.41, 5.74) is 6.90. The van der Waals surface area contributed by atoms with Gasteiger partial charge in [0.05, 0.1) is 0 Å². The molecule has 1 spiro atoms. The summed E-state index contributed by atoms with van der Waals surface area (Å²) in [5.74, 6) is 0.899. The molecule has 1 fully saturated rings. The van der Waals surface area contributed by atoms with E-state index >= 15 is 0 Å². The quantitative estimate of drug-likeness (QED) is 0.765. The van der Waals surface area contributed by atoms with Crippen molar-refractivity contribution in [1.29, 1.82) is 0 Å². The zero-order valence-electron chi connectivity index (χ0n) is 9.66. The molecule has 1 aliphatic carbocycles. The molecule has 2 N–H and O–H groups in total. The summed E-state index contributed by atoms with van der Waals surface area (Å²) < 4.78 is 6.16. The van der Waals surface area contributed by atoms with Gasteiger partial charge >= 0.3 is 0 Å². The van der Waals surface area contributed by atoms with Crippen molar-refractivity contribution in [3.8, 4) is 5.75 Å². The van der Waals surface area contributed by atoms with Gasteiger partial charge in [0.2, 0.25) is 0 Å². The Morgan fingerprint density at radius 3 is 2.82 bits per heavy atom. The second-order valence-corrected chi connectivity index (χ2v) is 5.46. The summed E-state index contributed by atoms with van der Waals surface area (Å²) in [6.07, 6.45) is 8.38. The number of ether oxygens (including phenoxy) is 1. The minimum absolute atomic E-state index is 0.145. The standard InChI is InChI=1S/C14H16ClNO/c15-11-2-1-10-3-6-14(17-13(10)9-11)7-4-12(16)5-8-14/h1-3,6,9,12H,4-5,7-8,16H2. The molecule has 3 heteroatoms. The van der Waals surface area contributed by atoms with Gasteiger partial charge in [-0.25, -0.2) is 0 Å². The van der Waals surface area contributed by atoms with Crippen molar-refractivity contribution in [2.45, 2.75) is 37.3 Å². The molecule has 1 aromatic carbocycles. The highest BCUT2D eigenvalue weighted by Crippen LogP contribution is 2.40. The van der Waals surface area contributed by atoms with Crippen molar-refractivity contribution < 1.29 is 4.74 Å². The second-order valence-electron chi connectivity index (χ2n) is 5.02. The number of nitrogens with two attached hydrogens (primary N) is 1. The van der Waals surface area contributed by atoms with E-state index in [2.05, 4.69) is 12.2 Å². The monoisotopic (exact) mass is 249 g/mol. The largest absolute Gasteiger partial charge is 0.483 e. The lowest BCUT2D eigenvalue weighted by atomic mass is 9.80. The number of rotatable bonds is 0. The van der Waals surface area contributed by atoms with E-state index in [-0.39, 0.29) is 5.60 Å². The maximum Gasteiger partial charge on any atom is 0.129 e. The smallest absolute Gasteiger partial charge is 0.129 e. The Morgan fingerprint density at radius 1 is 1.29 bits per heavy atom. The molecule has 17 heavy (non-hydrogen) atoms. The van der Waals surface area contributed by atoms with Crippen LogP contribution >= 0.6 is 11.6 Å². The molecule has 0 aromatic heterocycles. The number of hydrogen-bond acceptors (Lipinski definition) is 2. The van der Waals surface area contributed by atoms with Crippen LogP contribution in [0, 0.1) is 0 Å². The summed E-state index contributed by atoms with van der Waals surface area (Å²) in [6.45, 7) is 0. The van der Waals surface area contributed by atoms with Crippen LogP contribution in [0.3, 0.4) is 0 Å². The molecule has 0 radical (unpaired) electrons. The Morgan fingerprint density at radius 2 is 2.06 bits per heavy atom. The molecule has 1 aliphatic heterocycles. The lowest BCUT2D eigenvalue weighted by Crippen LogP contribution is -2.42. The van der Waals surface area contributed by atoms with E-state index in [1.54, 1.807) is 0 Å². The van der Waals surface area contributed by atoms with Crippen LogP contribution in [0.15, 0.2) is 24.3 Å². The van der Waals surface area contributed by atoms with Crippen LogP contribution in [0.1, 0.15) is 31.2 Å². The fourth-order valence-electron chi connectivity index (χ4n) is 2.63. The maximum atomic E-state index is 6.16. The van der Waals surface area contributed by atoms with Gasteiger partial charge in [-0.2, -0.15) is 0 Å². The highest BCUT2D eigenvalue weighted by Gasteiger charge is 2.36. The summed E-state index contributed by atoms with van der Waals surface area (Å²) in [6, 6.07) is 6.12. The summed E-state index contributed by atoms with van der Waals surface area (Å²) >= 11 is 6.00. The minimum Gasteiger partial charge on any atom is -0.483 e. The average Bonchev–Trinajstić information content (AvgIpc) is 2.33. The van der Waals surface area contributed by atoms with Crippen LogP contribution in [-0.4, -0.2) is 11.6 Å². The predicted octanol–water partition coefficient (Wildman–Crippen LogP) is 3.39. The average molecular weight is 250 g/mol. The summed E-state index contributed by atoms with van der Waals surface area (Å²) in [7, 11) is 0. The Hall–Kier alpha value is -0.990. The number of benzene rings is 1. The zero-order chi connectivity index (χ0) is 11.9. The van der Waals surface area contributed by atoms with Gasteiger partial charge in [0.1, 0.15) is 11.4 Å². The maximum absolute atomic E-state index is 6.16. The zero-order valence-corrected chi connectivity index (χ0v) is 10.4. The first-order chi connectivity index (χ1) is 8.17. The number of hydrogen-bond donors (Lipinski definition) is 1. The molecule has 2 nitrogen and oxygen atoms in total. The minimum atomic E-state index is -0.145. The fraction of sp³-hybridized carbons (Fsp3) is 0.429. The van der Waals surface area contributed by atoms with Crippen molar-refractivity contribution in [1.82, 2.24) is 0 Å². The van der Waals surface area contributed by atoms with E-state index in [0.29, 0.717) is 6.04 Å². The lowest BCUT2D eigenvalue weighted by molar-refractivity contribution is 0.0695. The van der Waals surface area contributed by atoms with Gasteiger partial charge in [-0.3, -0.25) is 0 Å². The highest BCUT2D eigenvalue weighted by atomic mass is 35.5. The molecule has 0 unspecified atom stereocenters. The van der Waals surface area contributed by atoms with Crippen LogP contribution in [0.2, 0.25) is 5.02 Å². The molecule has 0 amide bonds. The Bertz CT molecular complexity index is 461. The van der Waals surface area contributed by atoms with Crippen molar-refractivity contribution in [3.63, 3.8) is 0 Å². The van der Waals surface area contributed by atoms with Crippen molar-refractivity contribution >= 4 is 17.7 Å². The third kappa shape index (κ3) is 2.07. The van der Waals surface area contributed by atoms with Crippen LogP contribution in [0.5, 0.6) is 5.75 Å². The molecule has 3 rings (SSSR count). The van der Waals surface area contributed by atoms with Gasteiger partial charge in [-0.15, -0.1) is 0 Å². The third-order valence-corrected chi connectivity index (χ3v) is 3.97. The SMILES string of the molecule is NC1CCC2(C=Cc3ccc(Cl)cc3O2)CC1. The van der Waals surface area contributed by atoms with Crippen LogP contribution < -0.4 is 10.5 Å². The number of halogens is 1. The van der Waals surface area contributed by atoms with Crippen molar-refractivity contribution in [3.05, 3.63) is 34.9 Å². The summed E-state index contributed by atoms with van der Waals surface area (Å²) in [4.78, 5) is 0. The van der Waals surface area contributed by atoms with Gasteiger partial charge in [-0.05, 0) is 50.0 Å². The van der Waals surface area contributed by atoms with Gasteiger partial charge in [0.25, 0.3) is 0 Å². The molecule has 90 valence electrons. The molecule has 2 aliphatic rings. The van der Waals surface area contributed by atoms with E-state index < -0.39 is 0 Å². The molecule has 1 heterocycles. The van der Waals surface area contributed by atoms with Crippen LogP contribution in [0.25, 0.3) is 6.08 Å².